The van der Waals surface area contributed by atoms with Crippen LogP contribution in [0.5, 0.6) is 0 Å². The molecule has 0 atom stereocenters. The number of hydrogen-bond donors (Lipinski definition) is 1. The minimum Gasteiger partial charge on any atom is -0.366 e. The number of aryl methyl sites for hydroxylation is 2. The Bertz CT molecular complexity index is 494. The Hall–Kier alpha value is -1.98. The second-order valence-electron chi connectivity index (χ2n) is 3.49. The first kappa shape index (κ1) is 10.5. The van der Waals surface area contributed by atoms with Crippen LogP contribution in [-0.4, -0.2) is 19.7 Å². The Labute approximate surface area is 92.3 Å². The van der Waals surface area contributed by atoms with Crippen LogP contribution in [0.3, 0.4) is 0 Å². The Kier molecular flexibility index (Phi) is 2.80. The van der Waals surface area contributed by atoms with E-state index in [1.165, 1.54) is 12.4 Å². The Morgan fingerprint density at radius 1 is 1.44 bits per heavy atom. The molecular weight excluding hydrogens is 209 g/mol. The van der Waals surface area contributed by atoms with Gasteiger partial charge in [0.1, 0.15) is 12.1 Å². The fourth-order valence-electron chi connectivity index (χ4n) is 1.44. The topological polar surface area (TPSA) is 55.6 Å². The van der Waals surface area contributed by atoms with Crippen molar-refractivity contribution >= 4 is 5.82 Å². The lowest BCUT2D eigenvalue weighted by Crippen LogP contribution is -2.02. The smallest absolute Gasteiger partial charge is 0.217 e. The molecule has 0 aliphatic rings. The molecular formula is C10H12FN5. The van der Waals surface area contributed by atoms with Gasteiger partial charge in [-0.05, 0) is 6.92 Å². The number of halogens is 1. The standard InChI is InChI=1S/C10H12FN5/c1-7-8(5-16(2)15-7)4-12-10-3-9(11)13-6-14-10/h3,5-6H,4H2,1-2H3,(H,12,13,14). The van der Waals surface area contributed by atoms with Crippen LogP contribution in [0.25, 0.3) is 0 Å². The van der Waals surface area contributed by atoms with Crippen LogP contribution >= 0.6 is 0 Å². The lowest BCUT2D eigenvalue weighted by Gasteiger charge is -2.03. The first-order valence-corrected chi connectivity index (χ1v) is 4.85. The van der Waals surface area contributed by atoms with Gasteiger partial charge in [-0.25, -0.2) is 9.97 Å². The molecule has 0 radical (unpaired) electrons. The molecule has 5 nitrogen and oxygen atoms in total. The van der Waals surface area contributed by atoms with Crippen LogP contribution in [0, 0.1) is 12.9 Å². The van der Waals surface area contributed by atoms with Crippen molar-refractivity contribution in [1.82, 2.24) is 19.7 Å². The van der Waals surface area contributed by atoms with Crippen molar-refractivity contribution in [2.45, 2.75) is 13.5 Å². The van der Waals surface area contributed by atoms with Gasteiger partial charge in [0, 0.05) is 31.4 Å². The summed E-state index contributed by atoms with van der Waals surface area (Å²) in [6.07, 6.45) is 3.10. The molecule has 2 heterocycles. The van der Waals surface area contributed by atoms with Crippen LogP contribution in [0.2, 0.25) is 0 Å². The molecule has 1 N–H and O–H groups in total. The number of nitrogens with one attached hydrogen (secondary N) is 1. The maximum atomic E-state index is 12.8. The normalized spacial score (nSPS) is 10.4. The summed E-state index contributed by atoms with van der Waals surface area (Å²) in [7, 11) is 1.86. The molecule has 84 valence electrons. The SMILES string of the molecule is Cc1nn(C)cc1CNc1cc(F)ncn1. The fourth-order valence-corrected chi connectivity index (χ4v) is 1.44. The summed E-state index contributed by atoms with van der Waals surface area (Å²) in [5, 5.41) is 7.22. The van der Waals surface area contributed by atoms with Gasteiger partial charge in [0.05, 0.1) is 5.69 Å². The van der Waals surface area contributed by atoms with Crippen molar-refractivity contribution in [1.29, 1.82) is 0 Å². The molecule has 0 fully saturated rings. The average molecular weight is 221 g/mol. The molecule has 0 aliphatic heterocycles. The highest BCUT2D eigenvalue weighted by molar-refractivity contribution is 5.34. The number of rotatable bonds is 3. The lowest BCUT2D eigenvalue weighted by atomic mass is 10.2. The van der Waals surface area contributed by atoms with Crippen molar-refractivity contribution in [2.24, 2.45) is 7.05 Å². The lowest BCUT2D eigenvalue weighted by molar-refractivity contribution is 0.580. The summed E-state index contributed by atoms with van der Waals surface area (Å²) in [5.74, 6) is -0.0730. The third-order valence-corrected chi connectivity index (χ3v) is 2.21. The highest BCUT2D eigenvalue weighted by Crippen LogP contribution is 2.08. The third kappa shape index (κ3) is 2.33. The maximum absolute atomic E-state index is 12.8. The van der Waals surface area contributed by atoms with Crippen LogP contribution < -0.4 is 5.32 Å². The molecule has 2 aromatic heterocycles. The maximum Gasteiger partial charge on any atom is 0.217 e. The summed E-state index contributed by atoms with van der Waals surface area (Å²) in [6.45, 7) is 2.49. The highest BCUT2D eigenvalue weighted by Gasteiger charge is 2.03. The zero-order valence-corrected chi connectivity index (χ0v) is 9.11. The van der Waals surface area contributed by atoms with Crippen molar-refractivity contribution in [3.05, 3.63) is 35.8 Å². The van der Waals surface area contributed by atoms with Gasteiger partial charge in [-0.3, -0.25) is 4.68 Å². The van der Waals surface area contributed by atoms with E-state index in [0.717, 1.165) is 11.3 Å². The molecule has 0 aliphatic carbocycles. The van der Waals surface area contributed by atoms with Gasteiger partial charge in [0.25, 0.3) is 0 Å². The van der Waals surface area contributed by atoms with E-state index < -0.39 is 5.95 Å². The van der Waals surface area contributed by atoms with Gasteiger partial charge in [-0.15, -0.1) is 0 Å². The average Bonchev–Trinajstić information content (AvgIpc) is 2.54. The van der Waals surface area contributed by atoms with E-state index in [1.54, 1.807) is 4.68 Å². The Morgan fingerprint density at radius 2 is 2.25 bits per heavy atom. The Balaban J connectivity index is 2.05. The van der Waals surface area contributed by atoms with E-state index in [0.29, 0.717) is 12.4 Å². The van der Waals surface area contributed by atoms with E-state index >= 15 is 0 Å². The third-order valence-electron chi connectivity index (χ3n) is 2.21. The summed E-state index contributed by atoms with van der Waals surface area (Å²) in [4.78, 5) is 7.28. The summed E-state index contributed by atoms with van der Waals surface area (Å²) in [5.41, 5.74) is 2.01. The second kappa shape index (κ2) is 4.26. The van der Waals surface area contributed by atoms with Gasteiger partial charge < -0.3 is 5.32 Å². The molecule has 6 heteroatoms. The zero-order valence-electron chi connectivity index (χ0n) is 9.11. The summed E-state index contributed by atoms with van der Waals surface area (Å²) in [6, 6.07) is 1.26. The predicted octanol–water partition coefficient (Wildman–Crippen LogP) is 1.27. The largest absolute Gasteiger partial charge is 0.366 e. The molecule has 2 aromatic rings. The molecule has 0 bridgehead atoms. The van der Waals surface area contributed by atoms with E-state index in [4.69, 9.17) is 0 Å². The molecule has 0 saturated heterocycles. The zero-order chi connectivity index (χ0) is 11.5. The van der Waals surface area contributed by atoms with Crippen molar-refractivity contribution in [3.8, 4) is 0 Å². The van der Waals surface area contributed by atoms with Gasteiger partial charge in [-0.1, -0.05) is 0 Å². The van der Waals surface area contributed by atoms with E-state index in [9.17, 15) is 4.39 Å². The van der Waals surface area contributed by atoms with Crippen LogP contribution in [-0.2, 0) is 13.6 Å². The summed E-state index contributed by atoms with van der Waals surface area (Å²) >= 11 is 0. The first-order chi connectivity index (χ1) is 7.65. The van der Waals surface area contributed by atoms with E-state index in [1.807, 2.05) is 20.2 Å². The van der Waals surface area contributed by atoms with Crippen LogP contribution in [0.1, 0.15) is 11.3 Å². The minimum absolute atomic E-state index is 0.468. The van der Waals surface area contributed by atoms with Crippen molar-refractivity contribution < 1.29 is 4.39 Å². The van der Waals surface area contributed by atoms with Crippen molar-refractivity contribution in [3.63, 3.8) is 0 Å². The molecule has 0 amide bonds. The number of nitrogens with zero attached hydrogens (tertiary/aromatic N) is 4. The van der Waals surface area contributed by atoms with Crippen LogP contribution in [0.4, 0.5) is 10.2 Å². The Morgan fingerprint density at radius 3 is 2.88 bits per heavy atom. The molecule has 0 spiro atoms. The van der Waals surface area contributed by atoms with E-state index in [2.05, 4.69) is 20.4 Å². The van der Waals surface area contributed by atoms with Gasteiger partial charge in [0.15, 0.2) is 0 Å². The van der Waals surface area contributed by atoms with Crippen molar-refractivity contribution in [2.75, 3.05) is 5.32 Å². The predicted molar refractivity (Wildman–Crippen MR) is 57.3 cm³/mol. The van der Waals surface area contributed by atoms with Gasteiger partial charge in [-0.2, -0.15) is 9.49 Å². The monoisotopic (exact) mass is 221 g/mol. The second-order valence-corrected chi connectivity index (χ2v) is 3.49. The quantitative estimate of drug-likeness (QED) is 0.793. The van der Waals surface area contributed by atoms with Gasteiger partial charge in [0.2, 0.25) is 5.95 Å². The molecule has 2 rings (SSSR count). The van der Waals surface area contributed by atoms with E-state index in [-0.39, 0.29) is 0 Å². The summed E-state index contributed by atoms with van der Waals surface area (Å²) < 4.78 is 14.5. The molecule has 16 heavy (non-hydrogen) atoms. The molecule has 0 unspecified atom stereocenters. The van der Waals surface area contributed by atoms with Gasteiger partial charge >= 0.3 is 0 Å². The fraction of sp³-hybridized carbons (Fsp3) is 0.300. The first-order valence-electron chi connectivity index (χ1n) is 4.85. The highest BCUT2D eigenvalue weighted by atomic mass is 19.1. The number of hydrogen-bond acceptors (Lipinski definition) is 4. The van der Waals surface area contributed by atoms with Crippen LogP contribution in [0.15, 0.2) is 18.6 Å². The molecule has 0 saturated carbocycles. The number of anilines is 1. The molecule has 0 aromatic carbocycles. The minimum atomic E-state index is -0.541. The number of aromatic nitrogens is 4.